The first-order valence-corrected chi connectivity index (χ1v) is 15.1. The average molecular weight is 598 g/mol. The Bertz CT molecular complexity index is 1830. The molecule has 0 aliphatic carbocycles. The summed E-state index contributed by atoms with van der Waals surface area (Å²) >= 11 is 1.12. The molecular formula is C34H21F4N2S2+. The van der Waals surface area contributed by atoms with E-state index in [2.05, 4.69) is 45.9 Å². The molecule has 0 radical (unpaired) electrons. The smallest absolute Gasteiger partial charge is 0.183 e. The van der Waals surface area contributed by atoms with E-state index in [1.807, 2.05) is 55.0 Å². The Morgan fingerprint density at radius 1 is 0.619 bits per heavy atom. The first-order valence-electron chi connectivity index (χ1n) is 13.1. The topological polar surface area (TPSA) is 17.8 Å². The summed E-state index contributed by atoms with van der Waals surface area (Å²) in [4.78, 5) is 7.09. The van der Waals surface area contributed by atoms with Crippen molar-refractivity contribution < 1.29 is 17.6 Å². The highest BCUT2D eigenvalue weighted by Gasteiger charge is 2.40. The van der Waals surface area contributed by atoms with Gasteiger partial charge in [-0.05, 0) is 58.7 Å². The van der Waals surface area contributed by atoms with Gasteiger partial charge < -0.3 is 4.57 Å². The van der Waals surface area contributed by atoms with Gasteiger partial charge in [0, 0.05) is 24.5 Å². The lowest BCUT2D eigenvalue weighted by Crippen LogP contribution is -2.13. The number of nitrogens with zero attached hydrogens (tertiary/aromatic N) is 2. The van der Waals surface area contributed by atoms with Crippen LogP contribution >= 0.6 is 11.8 Å². The van der Waals surface area contributed by atoms with Crippen molar-refractivity contribution >= 4 is 22.7 Å². The van der Waals surface area contributed by atoms with Gasteiger partial charge in [0.2, 0.25) is 0 Å². The molecular weight excluding hydrogens is 577 g/mol. The third-order valence-corrected chi connectivity index (χ3v) is 10.9. The molecule has 0 fully saturated rings. The predicted octanol–water partition coefficient (Wildman–Crippen LogP) is 9.30. The van der Waals surface area contributed by atoms with Gasteiger partial charge in [0.25, 0.3) is 0 Å². The molecule has 1 atom stereocenters. The SMILES string of the molecule is Fc1cc2c(cc1F)[S+](c1ccc(-c3ccc(C(c4ccccc4)n4ccnc4)cc3)cc1)c1cc(F)c(F)cc1S2. The second-order valence-electron chi connectivity index (χ2n) is 9.80. The van der Waals surface area contributed by atoms with Crippen LogP contribution in [0.2, 0.25) is 0 Å². The number of imidazole rings is 1. The van der Waals surface area contributed by atoms with Crippen molar-refractivity contribution in [2.45, 2.75) is 30.5 Å². The lowest BCUT2D eigenvalue weighted by molar-refractivity contribution is 0.499. The average Bonchev–Trinajstić information content (AvgIpc) is 3.54. The van der Waals surface area contributed by atoms with E-state index >= 15 is 0 Å². The third kappa shape index (κ3) is 4.80. The van der Waals surface area contributed by atoms with Crippen molar-refractivity contribution in [1.29, 1.82) is 0 Å². The first kappa shape index (κ1) is 26.6. The monoisotopic (exact) mass is 597 g/mol. The zero-order chi connectivity index (χ0) is 28.8. The summed E-state index contributed by atoms with van der Waals surface area (Å²) in [6, 6.07) is 30.9. The zero-order valence-electron chi connectivity index (χ0n) is 21.8. The van der Waals surface area contributed by atoms with Crippen LogP contribution in [0.3, 0.4) is 0 Å². The minimum absolute atomic E-state index is 0.0221. The van der Waals surface area contributed by atoms with Gasteiger partial charge in [-0.1, -0.05) is 66.4 Å². The van der Waals surface area contributed by atoms with Gasteiger partial charge >= 0.3 is 0 Å². The largest absolute Gasteiger partial charge is 0.326 e. The van der Waals surface area contributed by atoms with E-state index < -0.39 is 34.2 Å². The van der Waals surface area contributed by atoms with Crippen molar-refractivity contribution in [2.24, 2.45) is 0 Å². The van der Waals surface area contributed by atoms with Crippen LogP contribution in [-0.4, -0.2) is 9.55 Å². The van der Waals surface area contributed by atoms with Crippen molar-refractivity contribution in [3.63, 3.8) is 0 Å². The number of rotatable bonds is 5. The number of hydrogen-bond donors (Lipinski definition) is 0. The molecule has 1 aromatic heterocycles. The van der Waals surface area contributed by atoms with E-state index in [-0.39, 0.29) is 6.04 Å². The van der Waals surface area contributed by atoms with Gasteiger partial charge in [0.05, 0.1) is 22.2 Å². The van der Waals surface area contributed by atoms with Crippen LogP contribution in [-0.2, 0) is 10.9 Å². The molecule has 0 saturated heterocycles. The van der Waals surface area contributed by atoms with E-state index in [0.29, 0.717) is 19.6 Å². The van der Waals surface area contributed by atoms with E-state index in [4.69, 9.17) is 0 Å². The van der Waals surface area contributed by atoms with Crippen molar-refractivity contribution in [1.82, 2.24) is 9.55 Å². The Morgan fingerprint density at radius 2 is 1.14 bits per heavy atom. The van der Waals surface area contributed by atoms with Crippen LogP contribution in [0.15, 0.2) is 146 Å². The molecule has 2 nitrogen and oxygen atoms in total. The molecule has 42 heavy (non-hydrogen) atoms. The predicted molar refractivity (Wildman–Crippen MR) is 157 cm³/mol. The summed E-state index contributed by atoms with van der Waals surface area (Å²) in [5.74, 6) is -3.90. The summed E-state index contributed by atoms with van der Waals surface area (Å²) < 4.78 is 59.1. The molecule has 0 amide bonds. The fourth-order valence-corrected chi connectivity index (χ4v) is 8.97. The molecule has 6 aromatic rings. The highest BCUT2D eigenvalue weighted by atomic mass is 32.2. The molecule has 0 spiro atoms. The van der Waals surface area contributed by atoms with Gasteiger partial charge in [-0.15, -0.1) is 0 Å². The minimum Gasteiger partial charge on any atom is -0.326 e. The second kappa shape index (κ2) is 10.9. The quantitative estimate of drug-likeness (QED) is 0.145. The Labute approximate surface area is 247 Å². The van der Waals surface area contributed by atoms with Crippen molar-refractivity contribution in [2.75, 3.05) is 0 Å². The summed E-state index contributed by atoms with van der Waals surface area (Å²) in [5.41, 5.74) is 4.23. The zero-order valence-corrected chi connectivity index (χ0v) is 23.5. The van der Waals surface area contributed by atoms with Crippen molar-refractivity contribution in [3.8, 4) is 11.1 Å². The number of hydrogen-bond acceptors (Lipinski definition) is 2. The van der Waals surface area contributed by atoms with Gasteiger partial charge in [-0.3, -0.25) is 0 Å². The number of aromatic nitrogens is 2. The Balaban J connectivity index is 1.24. The highest BCUT2D eigenvalue weighted by molar-refractivity contribution is 8.04. The van der Waals surface area contributed by atoms with Crippen LogP contribution in [0, 0.1) is 23.3 Å². The van der Waals surface area contributed by atoms with Crippen LogP contribution < -0.4 is 0 Å². The van der Waals surface area contributed by atoms with Crippen LogP contribution in [0.5, 0.6) is 0 Å². The maximum atomic E-state index is 14.4. The Kier molecular flexibility index (Phi) is 6.88. The highest BCUT2D eigenvalue weighted by Crippen LogP contribution is 2.49. The normalized spacial score (nSPS) is 13.4. The number of benzene rings is 5. The molecule has 0 saturated carbocycles. The molecule has 7 rings (SSSR count). The Morgan fingerprint density at radius 3 is 1.69 bits per heavy atom. The molecule has 206 valence electrons. The van der Waals surface area contributed by atoms with Gasteiger partial charge in [-0.25, -0.2) is 22.5 Å². The summed E-state index contributed by atoms with van der Waals surface area (Å²) in [7, 11) is -0.951. The molecule has 2 heterocycles. The van der Waals surface area contributed by atoms with E-state index in [1.54, 1.807) is 6.20 Å². The third-order valence-electron chi connectivity index (χ3n) is 7.22. The molecule has 0 N–H and O–H groups in total. The lowest BCUT2D eigenvalue weighted by atomic mass is 9.96. The maximum absolute atomic E-state index is 14.4. The minimum atomic E-state index is -0.975. The van der Waals surface area contributed by atoms with Crippen molar-refractivity contribution in [3.05, 3.63) is 156 Å². The summed E-state index contributed by atoms with van der Waals surface area (Å²) in [6.07, 6.45) is 5.53. The van der Waals surface area contributed by atoms with Gasteiger partial charge in [-0.2, -0.15) is 0 Å². The lowest BCUT2D eigenvalue weighted by Gasteiger charge is -2.20. The molecule has 8 heteroatoms. The summed E-state index contributed by atoms with van der Waals surface area (Å²) in [6.45, 7) is 0. The van der Waals surface area contributed by atoms with Gasteiger partial charge in [0.15, 0.2) is 38.0 Å². The first-order chi connectivity index (χ1) is 20.5. The molecule has 5 aromatic carbocycles. The molecule has 1 aliphatic rings. The van der Waals surface area contributed by atoms with Gasteiger partial charge in [0.1, 0.15) is 10.9 Å². The van der Waals surface area contributed by atoms with E-state index in [9.17, 15) is 17.6 Å². The molecule has 1 aliphatic heterocycles. The fourth-order valence-electron chi connectivity index (χ4n) is 5.23. The summed E-state index contributed by atoms with van der Waals surface area (Å²) in [5, 5.41) is 0. The number of halogens is 4. The van der Waals surface area contributed by atoms with Crippen LogP contribution in [0.1, 0.15) is 17.2 Å². The van der Waals surface area contributed by atoms with E-state index in [1.165, 1.54) is 12.1 Å². The van der Waals surface area contributed by atoms with Crippen LogP contribution in [0.4, 0.5) is 17.6 Å². The van der Waals surface area contributed by atoms with E-state index in [0.717, 1.165) is 51.0 Å². The second-order valence-corrected chi connectivity index (χ2v) is 12.9. The molecule has 1 unspecified atom stereocenters. The standard InChI is InChI=1S/C34H21F4N2S2/c35-26-16-30-32(18-28(26)37)42(33-19-29(38)27(36)17-31(33)41-30)25-12-10-22(11-13-25)21-6-8-24(9-7-21)34(40-15-14-39-20-40)23-4-2-1-3-5-23/h1-20,34H/q+1. The van der Waals surface area contributed by atoms with Crippen LogP contribution in [0.25, 0.3) is 11.1 Å². The maximum Gasteiger partial charge on any atom is 0.183 e. The number of fused-ring (bicyclic) bond motifs is 2. The Hall–Kier alpha value is -4.27. The molecule has 0 bridgehead atoms. The fraction of sp³-hybridized carbons (Fsp3) is 0.0294.